The average Bonchev–Trinajstić information content (AvgIpc) is 2.71. The van der Waals surface area contributed by atoms with Crippen molar-refractivity contribution in [3.05, 3.63) is 0 Å². The van der Waals surface area contributed by atoms with Crippen LogP contribution in [0, 0.1) is 17.2 Å². The summed E-state index contributed by atoms with van der Waals surface area (Å²) in [6.07, 6.45) is 3.05. The Morgan fingerprint density at radius 2 is 1.89 bits per heavy atom. The van der Waals surface area contributed by atoms with Crippen molar-refractivity contribution in [2.75, 3.05) is 7.05 Å². The second kappa shape index (κ2) is 6.04. The van der Waals surface area contributed by atoms with Gasteiger partial charge in [-0.1, -0.05) is 13.8 Å². The molecule has 0 amide bonds. The Bertz CT molecular complexity index is 305. The van der Waals surface area contributed by atoms with Gasteiger partial charge in [0.2, 0.25) is 0 Å². The van der Waals surface area contributed by atoms with Crippen LogP contribution in [0.5, 0.6) is 0 Å². The Kier molecular flexibility index (Phi) is 5.19. The fourth-order valence-electron chi connectivity index (χ4n) is 2.99. The molecular formula is C15H29N3. The zero-order valence-corrected chi connectivity index (χ0v) is 12.8. The molecule has 0 saturated heterocycles. The smallest absolute Gasteiger partial charge is 0.108 e. The van der Waals surface area contributed by atoms with E-state index in [1.165, 1.54) is 0 Å². The van der Waals surface area contributed by atoms with Crippen LogP contribution in [0.3, 0.4) is 0 Å². The van der Waals surface area contributed by atoms with Crippen molar-refractivity contribution < 1.29 is 0 Å². The van der Waals surface area contributed by atoms with E-state index in [9.17, 15) is 5.26 Å². The second-order valence-corrected chi connectivity index (χ2v) is 6.54. The van der Waals surface area contributed by atoms with Crippen molar-refractivity contribution in [3.8, 4) is 6.07 Å². The molecule has 0 radical (unpaired) electrons. The third-order valence-corrected chi connectivity index (χ3v) is 4.45. The molecule has 1 N–H and O–H groups in total. The van der Waals surface area contributed by atoms with Gasteiger partial charge in [-0.25, -0.2) is 0 Å². The Balaban J connectivity index is 2.67. The largest absolute Gasteiger partial charge is 0.300 e. The number of nitrogens with one attached hydrogen (secondary N) is 1. The fraction of sp³-hybridized carbons (Fsp3) is 0.933. The van der Waals surface area contributed by atoms with E-state index in [1.807, 2.05) is 0 Å². The molecule has 1 saturated carbocycles. The first-order chi connectivity index (χ1) is 8.31. The molecule has 1 rings (SSSR count). The monoisotopic (exact) mass is 251 g/mol. The Hall–Kier alpha value is -0.590. The first-order valence-corrected chi connectivity index (χ1v) is 7.22. The van der Waals surface area contributed by atoms with Gasteiger partial charge in [-0.3, -0.25) is 5.32 Å². The Labute approximate surface area is 113 Å². The molecule has 3 atom stereocenters. The van der Waals surface area contributed by atoms with Gasteiger partial charge in [0.15, 0.2) is 0 Å². The molecule has 104 valence electrons. The van der Waals surface area contributed by atoms with E-state index < -0.39 is 0 Å². The Morgan fingerprint density at radius 1 is 1.28 bits per heavy atom. The lowest BCUT2D eigenvalue weighted by atomic mass is 9.97. The summed E-state index contributed by atoms with van der Waals surface area (Å²) in [6, 6.07) is 4.00. The van der Waals surface area contributed by atoms with Crippen LogP contribution in [0.2, 0.25) is 0 Å². The fourth-order valence-corrected chi connectivity index (χ4v) is 2.99. The van der Waals surface area contributed by atoms with Gasteiger partial charge in [0.05, 0.1) is 6.07 Å². The maximum Gasteiger partial charge on any atom is 0.108 e. The number of hydrogen-bond acceptors (Lipinski definition) is 3. The third kappa shape index (κ3) is 3.46. The topological polar surface area (TPSA) is 39.1 Å². The summed E-state index contributed by atoms with van der Waals surface area (Å²) in [5, 5.41) is 13.0. The van der Waals surface area contributed by atoms with Gasteiger partial charge < -0.3 is 4.90 Å². The molecule has 0 aromatic rings. The second-order valence-electron chi connectivity index (χ2n) is 6.54. The van der Waals surface area contributed by atoms with Crippen molar-refractivity contribution in [1.29, 1.82) is 5.26 Å². The van der Waals surface area contributed by atoms with Gasteiger partial charge >= 0.3 is 0 Å². The summed E-state index contributed by atoms with van der Waals surface area (Å²) >= 11 is 0. The molecule has 3 nitrogen and oxygen atoms in total. The molecule has 18 heavy (non-hydrogen) atoms. The van der Waals surface area contributed by atoms with E-state index in [0.717, 1.165) is 19.3 Å². The molecule has 0 aromatic carbocycles. The van der Waals surface area contributed by atoms with Gasteiger partial charge in [-0.05, 0) is 53.0 Å². The summed E-state index contributed by atoms with van der Waals surface area (Å²) in [6.45, 7) is 11.0. The first-order valence-electron chi connectivity index (χ1n) is 7.22. The lowest BCUT2D eigenvalue weighted by Crippen LogP contribution is -2.48. The highest BCUT2D eigenvalue weighted by atomic mass is 15.2. The quantitative estimate of drug-likeness (QED) is 0.816. The van der Waals surface area contributed by atoms with E-state index in [2.05, 4.69) is 58.0 Å². The first kappa shape index (κ1) is 15.5. The van der Waals surface area contributed by atoms with E-state index in [4.69, 9.17) is 0 Å². The Morgan fingerprint density at radius 3 is 2.33 bits per heavy atom. The van der Waals surface area contributed by atoms with Crippen LogP contribution < -0.4 is 5.32 Å². The highest BCUT2D eigenvalue weighted by molar-refractivity contribution is 5.14. The van der Waals surface area contributed by atoms with E-state index >= 15 is 0 Å². The molecule has 0 aliphatic heterocycles. The third-order valence-electron chi connectivity index (χ3n) is 4.45. The zero-order chi connectivity index (χ0) is 13.9. The van der Waals surface area contributed by atoms with Crippen molar-refractivity contribution >= 4 is 0 Å². The summed E-state index contributed by atoms with van der Waals surface area (Å²) in [5.74, 6) is 0.658. The van der Waals surface area contributed by atoms with Crippen molar-refractivity contribution in [1.82, 2.24) is 10.2 Å². The summed E-state index contributed by atoms with van der Waals surface area (Å²) in [7, 11) is 2.21. The van der Waals surface area contributed by atoms with Crippen LogP contribution in [-0.4, -0.2) is 35.6 Å². The molecule has 0 spiro atoms. The van der Waals surface area contributed by atoms with Crippen LogP contribution in [0.4, 0.5) is 0 Å². The minimum Gasteiger partial charge on any atom is -0.300 e. The number of rotatable bonds is 5. The molecule has 3 unspecified atom stereocenters. The van der Waals surface area contributed by atoms with Crippen LogP contribution in [-0.2, 0) is 0 Å². The average molecular weight is 251 g/mol. The predicted octanol–water partition coefficient (Wildman–Crippen LogP) is 2.78. The summed E-state index contributed by atoms with van der Waals surface area (Å²) in [4.78, 5) is 2.46. The van der Waals surface area contributed by atoms with Crippen molar-refractivity contribution in [2.45, 2.75) is 77.5 Å². The van der Waals surface area contributed by atoms with Crippen LogP contribution in [0.1, 0.15) is 53.9 Å². The van der Waals surface area contributed by atoms with Crippen molar-refractivity contribution in [2.24, 2.45) is 5.92 Å². The molecule has 3 heteroatoms. The highest BCUT2D eigenvalue weighted by Crippen LogP contribution is 2.34. The maximum atomic E-state index is 9.48. The molecule has 1 fully saturated rings. The normalized spacial score (nSPS) is 30.1. The molecule has 0 aromatic heterocycles. The zero-order valence-electron chi connectivity index (χ0n) is 12.8. The SMILES string of the molecule is CC(C)NC1(C#N)CCC(N(C)C(C)C(C)C)C1. The lowest BCUT2D eigenvalue weighted by Gasteiger charge is -2.34. The summed E-state index contributed by atoms with van der Waals surface area (Å²) < 4.78 is 0. The van der Waals surface area contributed by atoms with Gasteiger partial charge in [0, 0.05) is 18.1 Å². The van der Waals surface area contributed by atoms with Gasteiger partial charge in [-0.2, -0.15) is 5.26 Å². The van der Waals surface area contributed by atoms with Crippen molar-refractivity contribution in [3.63, 3.8) is 0 Å². The van der Waals surface area contributed by atoms with E-state index in [1.54, 1.807) is 0 Å². The standard InChI is InChI=1S/C15H29N3/c1-11(2)13(5)18(6)14-7-8-15(9-14,10-16)17-12(3)4/h11-14,17H,7-9H2,1-6H3. The van der Waals surface area contributed by atoms with E-state index in [0.29, 0.717) is 24.0 Å². The molecular weight excluding hydrogens is 222 g/mol. The maximum absolute atomic E-state index is 9.48. The van der Waals surface area contributed by atoms with Crippen LogP contribution in [0.25, 0.3) is 0 Å². The molecule has 0 heterocycles. The van der Waals surface area contributed by atoms with E-state index in [-0.39, 0.29) is 5.54 Å². The highest BCUT2D eigenvalue weighted by Gasteiger charge is 2.42. The molecule has 1 aliphatic carbocycles. The summed E-state index contributed by atoms with van der Waals surface area (Å²) in [5.41, 5.74) is -0.302. The lowest BCUT2D eigenvalue weighted by molar-refractivity contribution is 0.145. The number of hydrogen-bond donors (Lipinski definition) is 1. The molecule has 0 bridgehead atoms. The molecule has 1 aliphatic rings. The number of nitriles is 1. The predicted molar refractivity (Wildman–Crippen MR) is 76.3 cm³/mol. The van der Waals surface area contributed by atoms with Crippen LogP contribution >= 0.6 is 0 Å². The van der Waals surface area contributed by atoms with Gasteiger partial charge in [-0.15, -0.1) is 0 Å². The number of nitrogens with zero attached hydrogens (tertiary/aromatic N) is 2. The van der Waals surface area contributed by atoms with Gasteiger partial charge in [0.25, 0.3) is 0 Å². The van der Waals surface area contributed by atoms with Gasteiger partial charge in [0.1, 0.15) is 5.54 Å². The minimum atomic E-state index is -0.302. The van der Waals surface area contributed by atoms with Crippen LogP contribution in [0.15, 0.2) is 0 Å². The minimum absolute atomic E-state index is 0.302.